The highest BCUT2D eigenvalue weighted by Gasteiger charge is 2.04. The van der Waals surface area contributed by atoms with E-state index < -0.39 is 0 Å². The van der Waals surface area contributed by atoms with Crippen molar-refractivity contribution in [3.8, 4) is 0 Å². The van der Waals surface area contributed by atoms with Crippen LogP contribution in [0.3, 0.4) is 0 Å². The molecule has 1 rings (SSSR count). The van der Waals surface area contributed by atoms with Gasteiger partial charge in [-0.05, 0) is 65.2 Å². The van der Waals surface area contributed by atoms with Crippen LogP contribution in [0, 0.1) is 0 Å². The summed E-state index contributed by atoms with van der Waals surface area (Å²) < 4.78 is 16.1. The van der Waals surface area contributed by atoms with Crippen molar-refractivity contribution in [2.75, 3.05) is 13.2 Å². The lowest BCUT2D eigenvalue weighted by Gasteiger charge is -2.09. The molecule has 4 heteroatoms. The summed E-state index contributed by atoms with van der Waals surface area (Å²) in [5.74, 6) is 0. The molecule has 0 amide bonds. The van der Waals surface area contributed by atoms with Gasteiger partial charge in [-0.2, -0.15) is 0 Å². The monoisotopic (exact) mass is 381 g/mol. The Morgan fingerprint density at radius 1 is 0.778 bits per heavy atom. The minimum atomic E-state index is 0.415. The number of ether oxygens (including phenoxy) is 2. The molecule has 0 bridgehead atoms. The molecule has 27 heavy (non-hydrogen) atoms. The maximum Gasteiger partial charge on any atom is 0.243 e. The molecule has 0 spiro atoms. The number of imidazole rings is 1. The largest absolute Gasteiger partial charge is 0.379 e. The smallest absolute Gasteiger partial charge is 0.243 e. The van der Waals surface area contributed by atoms with Crippen molar-refractivity contribution in [1.29, 1.82) is 0 Å². The molecule has 0 aromatic carbocycles. The van der Waals surface area contributed by atoms with E-state index in [1.54, 1.807) is 0 Å². The van der Waals surface area contributed by atoms with E-state index >= 15 is 0 Å². The molecule has 4 nitrogen and oxygen atoms in total. The lowest BCUT2D eigenvalue weighted by atomic mass is 10.2. The number of rotatable bonds is 18. The van der Waals surface area contributed by atoms with Gasteiger partial charge in [-0.1, -0.05) is 26.7 Å². The average molecular weight is 382 g/mol. The van der Waals surface area contributed by atoms with Crippen molar-refractivity contribution in [2.24, 2.45) is 0 Å². The maximum absolute atomic E-state index is 5.73. The molecular formula is C23H45N2O2+. The Hall–Kier alpha value is -0.870. The SMILES string of the molecule is CCC(C)OCCCCCCn1cc[n+](CCCCCCOC(C)CC)c1. The lowest BCUT2D eigenvalue weighted by molar-refractivity contribution is -0.696. The van der Waals surface area contributed by atoms with E-state index in [0.29, 0.717) is 12.2 Å². The van der Waals surface area contributed by atoms with E-state index in [4.69, 9.17) is 9.47 Å². The molecule has 0 radical (unpaired) electrons. The minimum Gasteiger partial charge on any atom is -0.379 e. The second-order valence-corrected chi connectivity index (χ2v) is 7.90. The summed E-state index contributed by atoms with van der Waals surface area (Å²) in [4.78, 5) is 0. The fourth-order valence-corrected chi connectivity index (χ4v) is 3.01. The molecule has 0 saturated carbocycles. The third-order valence-electron chi connectivity index (χ3n) is 5.32. The predicted octanol–water partition coefficient (Wildman–Crippen LogP) is 5.53. The highest BCUT2D eigenvalue weighted by molar-refractivity contribution is 4.66. The second kappa shape index (κ2) is 16.1. The number of nitrogens with zero attached hydrogens (tertiary/aromatic N) is 2. The number of unbranched alkanes of at least 4 members (excludes halogenated alkanes) is 6. The molecular weight excluding hydrogens is 336 g/mol. The van der Waals surface area contributed by atoms with Crippen molar-refractivity contribution >= 4 is 0 Å². The van der Waals surface area contributed by atoms with Gasteiger partial charge < -0.3 is 9.47 Å². The van der Waals surface area contributed by atoms with Crippen LogP contribution in [0.4, 0.5) is 0 Å². The van der Waals surface area contributed by atoms with Gasteiger partial charge in [0.15, 0.2) is 0 Å². The number of hydrogen-bond donors (Lipinski definition) is 0. The Kier molecular flexibility index (Phi) is 14.4. The zero-order valence-electron chi connectivity index (χ0n) is 18.5. The van der Waals surface area contributed by atoms with Gasteiger partial charge in [0.1, 0.15) is 12.4 Å². The highest BCUT2D eigenvalue weighted by Crippen LogP contribution is 2.05. The van der Waals surface area contributed by atoms with Crippen LogP contribution >= 0.6 is 0 Å². The Labute approximate surface area is 168 Å². The fourth-order valence-electron chi connectivity index (χ4n) is 3.01. The van der Waals surface area contributed by atoms with E-state index in [1.165, 1.54) is 51.4 Å². The lowest BCUT2D eigenvalue weighted by Crippen LogP contribution is -2.30. The summed E-state index contributed by atoms with van der Waals surface area (Å²) in [6.07, 6.45) is 19.8. The van der Waals surface area contributed by atoms with Crippen LogP contribution in [-0.4, -0.2) is 30.0 Å². The molecule has 1 aromatic heterocycles. The van der Waals surface area contributed by atoms with Gasteiger partial charge in [0.05, 0.1) is 25.3 Å². The predicted molar refractivity (Wildman–Crippen MR) is 113 cm³/mol. The number of hydrogen-bond acceptors (Lipinski definition) is 2. The van der Waals surface area contributed by atoms with Crippen LogP contribution in [0.5, 0.6) is 0 Å². The molecule has 158 valence electrons. The van der Waals surface area contributed by atoms with Crippen LogP contribution in [0.1, 0.15) is 91.9 Å². The van der Waals surface area contributed by atoms with Gasteiger partial charge in [0, 0.05) is 13.2 Å². The highest BCUT2D eigenvalue weighted by atomic mass is 16.5. The quantitative estimate of drug-likeness (QED) is 0.247. The first-order valence-corrected chi connectivity index (χ1v) is 11.4. The standard InChI is InChI=1S/C23H45N2O2/c1-5-22(3)26-19-13-9-7-11-15-24-17-18-25(21-24)16-12-8-10-14-20-27-23(4)6-2/h17-18,21-23H,5-16,19-20H2,1-4H3/q+1. The molecule has 0 aliphatic carbocycles. The number of aromatic nitrogens is 2. The van der Waals surface area contributed by atoms with Gasteiger partial charge in [0.25, 0.3) is 0 Å². The molecule has 2 unspecified atom stereocenters. The van der Waals surface area contributed by atoms with Crippen molar-refractivity contribution in [3.63, 3.8) is 0 Å². The van der Waals surface area contributed by atoms with Gasteiger partial charge in [-0.25, -0.2) is 9.13 Å². The van der Waals surface area contributed by atoms with E-state index in [0.717, 1.165) is 39.1 Å². The molecule has 0 saturated heterocycles. The summed E-state index contributed by atoms with van der Waals surface area (Å²) in [5, 5.41) is 0. The van der Waals surface area contributed by atoms with Crippen LogP contribution in [0.15, 0.2) is 18.7 Å². The third-order valence-corrected chi connectivity index (χ3v) is 5.32. The summed E-state index contributed by atoms with van der Waals surface area (Å²) in [6, 6.07) is 0. The van der Waals surface area contributed by atoms with Crippen LogP contribution < -0.4 is 4.57 Å². The fraction of sp³-hybridized carbons (Fsp3) is 0.870. The molecule has 1 aromatic rings. The normalized spacial score (nSPS) is 13.8. The summed E-state index contributed by atoms with van der Waals surface area (Å²) in [7, 11) is 0. The summed E-state index contributed by atoms with van der Waals surface area (Å²) >= 11 is 0. The molecule has 2 atom stereocenters. The Balaban J connectivity index is 1.96. The Bertz CT molecular complexity index is 409. The van der Waals surface area contributed by atoms with Crippen LogP contribution in [0.2, 0.25) is 0 Å². The van der Waals surface area contributed by atoms with Gasteiger partial charge in [-0.15, -0.1) is 0 Å². The topological polar surface area (TPSA) is 27.3 Å². The summed E-state index contributed by atoms with van der Waals surface area (Å²) in [6.45, 7) is 12.8. The third kappa shape index (κ3) is 13.0. The first kappa shape index (κ1) is 24.2. The zero-order chi connectivity index (χ0) is 19.7. The van der Waals surface area contributed by atoms with Crippen LogP contribution in [0.25, 0.3) is 0 Å². The van der Waals surface area contributed by atoms with Gasteiger partial charge in [-0.3, -0.25) is 0 Å². The van der Waals surface area contributed by atoms with Crippen molar-refractivity contribution in [3.05, 3.63) is 18.7 Å². The van der Waals surface area contributed by atoms with E-state index in [9.17, 15) is 0 Å². The zero-order valence-corrected chi connectivity index (χ0v) is 18.5. The van der Waals surface area contributed by atoms with Crippen LogP contribution in [-0.2, 0) is 22.6 Å². The number of aryl methyl sites for hydroxylation is 2. The Morgan fingerprint density at radius 2 is 1.33 bits per heavy atom. The molecule has 1 heterocycles. The minimum absolute atomic E-state index is 0.415. The van der Waals surface area contributed by atoms with Gasteiger partial charge in [0.2, 0.25) is 6.33 Å². The second-order valence-electron chi connectivity index (χ2n) is 7.90. The molecule has 0 aliphatic rings. The van der Waals surface area contributed by atoms with E-state index in [2.05, 4.69) is 55.6 Å². The van der Waals surface area contributed by atoms with E-state index in [-0.39, 0.29) is 0 Å². The van der Waals surface area contributed by atoms with E-state index in [1.807, 2.05) is 0 Å². The van der Waals surface area contributed by atoms with Crippen molar-refractivity contribution in [1.82, 2.24) is 4.57 Å². The molecule has 0 aliphatic heterocycles. The Morgan fingerprint density at radius 3 is 1.93 bits per heavy atom. The maximum atomic E-state index is 5.73. The molecule has 0 fully saturated rings. The first-order chi connectivity index (χ1) is 13.2. The first-order valence-electron chi connectivity index (χ1n) is 11.4. The molecule has 0 N–H and O–H groups in total. The average Bonchev–Trinajstić information content (AvgIpc) is 3.13. The van der Waals surface area contributed by atoms with Crippen molar-refractivity contribution in [2.45, 2.75) is 117 Å². The van der Waals surface area contributed by atoms with Gasteiger partial charge >= 0.3 is 0 Å². The van der Waals surface area contributed by atoms with Crippen molar-refractivity contribution < 1.29 is 14.0 Å². The summed E-state index contributed by atoms with van der Waals surface area (Å²) in [5.41, 5.74) is 0.